The van der Waals surface area contributed by atoms with Gasteiger partial charge in [0, 0.05) is 19.6 Å². The Hall–Kier alpha value is -2.08. The minimum Gasteiger partial charge on any atom is -0.444 e. The number of carbonyl (C=O) groups is 2. The molecule has 1 aromatic rings. The lowest BCUT2D eigenvalue weighted by molar-refractivity contribution is -0.125. The van der Waals surface area contributed by atoms with E-state index in [1.807, 2.05) is 77.0 Å². The molecule has 0 aliphatic carbocycles. The van der Waals surface area contributed by atoms with Gasteiger partial charge in [-0.3, -0.25) is 9.69 Å². The molecule has 0 heterocycles. The summed E-state index contributed by atoms with van der Waals surface area (Å²) >= 11 is 0. The fourth-order valence-corrected chi connectivity index (χ4v) is 2.44. The van der Waals surface area contributed by atoms with Crippen molar-refractivity contribution < 1.29 is 14.3 Å². The van der Waals surface area contributed by atoms with Gasteiger partial charge in [0.1, 0.15) is 11.6 Å². The van der Waals surface area contributed by atoms with E-state index in [1.54, 1.807) is 4.90 Å². The molecule has 1 rings (SSSR count). The van der Waals surface area contributed by atoms with Crippen LogP contribution in [-0.2, 0) is 9.53 Å². The lowest BCUT2D eigenvalue weighted by Gasteiger charge is -2.27. The first-order valence-electron chi connectivity index (χ1n) is 8.62. The molecular weight excluding hydrogens is 318 g/mol. The van der Waals surface area contributed by atoms with Crippen LogP contribution in [-0.4, -0.2) is 61.1 Å². The lowest BCUT2D eigenvalue weighted by atomic mass is 10.1. The van der Waals surface area contributed by atoms with Gasteiger partial charge in [0.25, 0.3) is 0 Å². The Labute approximate surface area is 151 Å². The zero-order chi connectivity index (χ0) is 19.0. The molecule has 0 aliphatic rings. The van der Waals surface area contributed by atoms with Crippen LogP contribution in [0, 0.1) is 0 Å². The summed E-state index contributed by atoms with van der Waals surface area (Å²) in [5.41, 5.74) is 0.404. The van der Waals surface area contributed by atoms with Crippen molar-refractivity contribution in [2.75, 3.05) is 33.7 Å². The van der Waals surface area contributed by atoms with Gasteiger partial charge in [-0.05, 0) is 47.4 Å². The number of ether oxygens (including phenoxy) is 1. The predicted molar refractivity (Wildman–Crippen MR) is 99.4 cm³/mol. The molecule has 0 saturated heterocycles. The fourth-order valence-electron chi connectivity index (χ4n) is 2.44. The average molecular weight is 349 g/mol. The Balaban J connectivity index is 2.60. The normalized spacial score (nSPS) is 12.6. The smallest absolute Gasteiger partial charge is 0.410 e. The molecule has 0 aromatic heterocycles. The van der Waals surface area contributed by atoms with E-state index >= 15 is 0 Å². The Morgan fingerprint density at radius 3 is 2.24 bits per heavy atom. The summed E-state index contributed by atoms with van der Waals surface area (Å²) in [5, 5.41) is 2.92. The summed E-state index contributed by atoms with van der Waals surface area (Å²) in [6.45, 7) is 8.71. The average Bonchev–Trinajstić information content (AvgIpc) is 2.50. The van der Waals surface area contributed by atoms with Crippen LogP contribution in [0.2, 0.25) is 0 Å². The van der Waals surface area contributed by atoms with E-state index in [1.165, 1.54) is 0 Å². The molecule has 140 valence electrons. The Morgan fingerprint density at radius 1 is 1.16 bits per heavy atom. The molecule has 6 nitrogen and oxygen atoms in total. The van der Waals surface area contributed by atoms with Gasteiger partial charge in [-0.2, -0.15) is 0 Å². The monoisotopic (exact) mass is 349 g/mol. The van der Waals surface area contributed by atoms with E-state index in [-0.39, 0.29) is 18.0 Å². The Kier molecular flexibility index (Phi) is 7.90. The van der Waals surface area contributed by atoms with E-state index in [2.05, 4.69) is 5.32 Å². The number of nitrogens with one attached hydrogen (secondary N) is 1. The molecule has 0 radical (unpaired) electrons. The Morgan fingerprint density at radius 2 is 1.76 bits per heavy atom. The summed E-state index contributed by atoms with van der Waals surface area (Å²) in [6.07, 6.45) is -0.364. The van der Waals surface area contributed by atoms with Gasteiger partial charge in [0.15, 0.2) is 0 Å². The largest absolute Gasteiger partial charge is 0.444 e. The maximum Gasteiger partial charge on any atom is 0.410 e. The highest BCUT2D eigenvalue weighted by Crippen LogP contribution is 2.17. The highest BCUT2D eigenvalue weighted by molar-refractivity contribution is 5.83. The first-order chi connectivity index (χ1) is 11.7. The Bertz CT molecular complexity index is 553. The number of hydrogen-bond donors (Lipinski definition) is 1. The summed E-state index contributed by atoms with van der Waals surface area (Å²) in [6, 6.07) is 9.26. The number of rotatable bonds is 7. The van der Waals surface area contributed by atoms with Crippen molar-refractivity contribution in [3.05, 3.63) is 35.9 Å². The summed E-state index contributed by atoms with van der Waals surface area (Å²) in [5.74, 6) is -0.0866. The molecule has 25 heavy (non-hydrogen) atoms. The molecule has 6 heteroatoms. The van der Waals surface area contributed by atoms with Gasteiger partial charge < -0.3 is 15.0 Å². The maximum atomic E-state index is 12.6. The fraction of sp³-hybridized carbons (Fsp3) is 0.579. The van der Waals surface area contributed by atoms with Crippen molar-refractivity contribution >= 4 is 12.0 Å². The van der Waals surface area contributed by atoms with Crippen LogP contribution >= 0.6 is 0 Å². The third-order valence-electron chi connectivity index (χ3n) is 3.59. The minimum atomic E-state index is -0.531. The number of amides is 2. The molecule has 1 aromatic carbocycles. The van der Waals surface area contributed by atoms with E-state index in [4.69, 9.17) is 4.74 Å². The van der Waals surface area contributed by atoms with Gasteiger partial charge in [-0.15, -0.1) is 0 Å². The number of carbonyl (C=O) groups excluding carboxylic acids is 2. The highest BCUT2D eigenvalue weighted by Gasteiger charge is 2.24. The predicted octanol–water partition coefficient (Wildman–Crippen LogP) is 2.66. The standard InChI is InChI=1S/C19H31N3O3/c1-7-22(18(24)25-19(2,3)4)14-13-20-17(23)16(21(5)6)15-11-9-8-10-12-15/h8-12,16H,7,13-14H2,1-6H3,(H,20,23). The summed E-state index contributed by atoms with van der Waals surface area (Å²) < 4.78 is 5.37. The molecule has 0 aliphatic heterocycles. The summed E-state index contributed by atoms with van der Waals surface area (Å²) in [4.78, 5) is 28.1. The van der Waals surface area contributed by atoms with Crippen molar-refractivity contribution in [3.8, 4) is 0 Å². The molecule has 0 saturated carbocycles. The van der Waals surface area contributed by atoms with Crippen LogP contribution in [0.5, 0.6) is 0 Å². The minimum absolute atomic E-state index is 0.0866. The van der Waals surface area contributed by atoms with Gasteiger partial charge in [0.05, 0.1) is 0 Å². The first-order valence-corrected chi connectivity index (χ1v) is 8.62. The number of nitrogens with zero attached hydrogens (tertiary/aromatic N) is 2. The van der Waals surface area contributed by atoms with Crippen molar-refractivity contribution in [2.45, 2.75) is 39.3 Å². The van der Waals surface area contributed by atoms with Crippen molar-refractivity contribution in [2.24, 2.45) is 0 Å². The first kappa shape index (κ1) is 21.0. The van der Waals surface area contributed by atoms with Gasteiger partial charge in [0.2, 0.25) is 5.91 Å². The third-order valence-corrected chi connectivity index (χ3v) is 3.59. The van der Waals surface area contributed by atoms with Crippen LogP contribution in [0.3, 0.4) is 0 Å². The third kappa shape index (κ3) is 7.13. The zero-order valence-corrected chi connectivity index (χ0v) is 16.2. The molecule has 0 spiro atoms. The van der Waals surface area contributed by atoms with Crippen LogP contribution < -0.4 is 5.32 Å². The second-order valence-electron chi connectivity index (χ2n) is 7.13. The molecule has 1 unspecified atom stereocenters. The number of hydrogen-bond acceptors (Lipinski definition) is 4. The van der Waals surface area contributed by atoms with Crippen molar-refractivity contribution in [1.82, 2.24) is 15.1 Å². The van der Waals surface area contributed by atoms with E-state index in [0.717, 1.165) is 5.56 Å². The second kappa shape index (κ2) is 9.42. The zero-order valence-electron chi connectivity index (χ0n) is 16.2. The highest BCUT2D eigenvalue weighted by atomic mass is 16.6. The van der Waals surface area contributed by atoms with E-state index < -0.39 is 5.60 Å². The molecule has 0 fully saturated rings. The van der Waals surface area contributed by atoms with Crippen LogP contribution in [0.25, 0.3) is 0 Å². The number of benzene rings is 1. The molecule has 1 atom stereocenters. The number of likely N-dealkylation sites (N-methyl/N-ethyl adjacent to an activating group) is 2. The van der Waals surface area contributed by atoms with Crippen molar-refractivity contribution in [3.63, 3.8) is 0 Å². The maximum absolute atomic E-state index is 12.6. The van der Waals surface area contributed by atoms with Crippen LogP contribution in [0.15, 0.2) is 30.3 Å². The molecule has 0 bridgehead atoms. The van der Waals surface area contributed by atoms with E-state index in [9.17, 15) is 9.59 Å². The van der Waals surface area contributed by atoms with Gasteiger partial charge in [-0.1, -0.05) is 30.3 Å². The van der Waals surface area contributed by atoms with Crippen molar-refractivity contribution in [1.29, 1.82) is 0 Å². The molecule has 1 N–H and O–H groups in total. The summed E-state index contributed by atoms with van der Waals surface area (Å²) in [7, 11) is 3.74. The lowest BCUT2D eigenvalue weighted by Crippen LogP contribution is -2.43. The molecule has 2 amide bonds. The van der Waals surface area contributed by atoms with E-state index in [0.29, 0.717) is 19.6 Å². The molecular formula is C19H31N3O3. The SMILES string of the molecule is CCN(CCNC(=O)C(c1ccccc1)N(C)C)C(=O)OC(C)(C)C. The van der Waals surface area contributed by atoms with Crippen LogP contribution in [0.4, 0.5) is 4.79 Å². The quantitative estimate of drug-likeness (QED) is 0.822. The topological polar surface area (TPSA) is 61.9 Å². The second-order valence-corrected chi connectivity index (χ2v) is 7.13. The van der Waals surface area contributed by atoms with Gasteiger partial charge in [-0.25, -0.2) is 4.79 Å². The van der Waals surface area contributed by atoms with Gasteiger partial charge >= 0.3 is 6.09 Å². The van der Waals surface area contributed by atoms with Crippen LogP contribution in [0.1, 0.15) is 39.3 Å².